The van der Waals surface area contributed by atoms with Gasteiger partial charge in [0.25, 0.3) is 0 Å². The average molecular weight is 238 g/mol. The SMILES string of the molecule is CC(CNC(C)(C)C)N(C)Cc1cnn(C)c1. The van der Waals surface area contributed by atoms with E-state index in [1.54, 1.807) is 0 Å². The van der Waals surface area contributed by atoms with Crippen molar-refractivity contribution in [2.24, 2.45) is 7.05 Å². The summed E-state index contributed by atoms with van der Waals surface area (Å²) in [4.78, 5) is 2.34. The van der Waals surface area contributed by atoms with Gasteiger partial charge in [-0.2, -0.15) is 5.10 Å². The third-order valence-electron chi connectivity index (χ3n) is 2.87. The zero-order valence-corrected chi connectivity index (χ0v) is 12.0. The van der Waals surface area contributed by atoms with E-state index in [0.29, 0.717) is 6.04 Å². The van der Waals surface area contributed by atoms with Crippen LogP contribution in [0, 0.1) is 0 Å². The Morgan fingerprint density at radius 3 is 2.59 bits per heavy atom. The molecule has 1 aromatic heterocycles. The first-order valence-electron chi connectivity index (χ1n) is 6.21. The number of nitrogens with zero attached hydrogens (tertiary/aromatic N) is 3. The lowest BCUT2D eigenvalue weighted by Crippen LogP contribution is -2.44. The molecule has 1 unspecified atom stereocenters. The minimum absolute atomic E-state index is 0.184. The molecule has 17 heavy (non-hydrogen) atoms. The molecular weight excluding hydrogens is 212 g/mol. The predicted molar refractivity (Wildman–Crippen MR) is 71.9 cm³/mol. The zero-order chi connectivity index (χ0) is 13.1. The highest BCUT2D eigenvalue weighted by atomic mass is 15.2. The zero-order valence-electron chi connectivity index (χ0n) is 12.0. The van der Waals surface area contributed by atoms with E-state index in [1.165, 1.54) is 5.56 Å². The Hall–Kier alpha value is -0.870. The third-order valence-corrected chi connectivity index (χ3v) is 2.87. The Kier molecular flexibility index (Phi) is 4.71. The van der Waals surface area contributed by atoms with Crippen molar-refractivity contribution in [1.29, 1.82) is 0 Å². The third kappa shape index (κ3) is 5.33. The minimum Gasteiger partial charge on any atom is -0.311 e. The van der Waals surface area contributed by atoms with Crippen LogP contribution in [0.2, 0.25) is 0 Å². The van der Waals surface area contributed by atoms with Gasteiger partial charge in [0, 0.05) is 43.5 Å². The molecule has 0 aromatic carbocycles. The fraction of sp³-hybridized carbons (Fsp3) is 0.769. The summed E-state index contributed by atoms with van der Waals surface area (Å²) in [5.41, 5.74) is 1.45. The number of aromatic nitrogens is 2. The molecule has 0 aliphatic heterocycles. The van der Waals surface area contributed by atoms with E-state index in [2.05, 4.69) is 56.3 Å². The molecule has 4 heteroatoms. The van der Waals surface area contributed by atoms with Crippen LogP contribution >= 0.6 is 0 Å². The number of rotatable bonds is 5. The van der Waals surface area contributed by atoms with E-state index in [-0.39, 0.29) is 5.54 Å². The molecule has 0 radical (unpaired) electrons. The number of aryl methyl sites for hydroxylation is 1. The van der Waals surface area contributed by atoms with Gasteiger partial charge in [0.15, 0.2) is 0 Å². The molecule has 0 spiro atoms. The quantitative estimate of drug-likeness (QED) is 0.846. The Morgan fingerprint density at radius 2 is 2.12 bits per heavy atom. The van der Waals surface area contributed by atoms with Crippen LogP contribution in [0.25, 0.3) is 0 Å². The van der Waals surface area contributed by atoms with E-state index in [4.69, 9.17) is 0 Å². The van der Waals surface area contributed by atoms with Gasteiger partial charge in [-0.3, -0.25) is 9.58 Å². The second-order valence-corrected chi connectivity index (χ2v) is 5.92. The average Bonchev–Trinajstić information content (AvgIpc) is 2.59. The van der Waals surface area contributed by atoms with Crippen molar-refractivity contribution in [3.05, 3.63) is 18.0 Å². The van der Waals surface area contributed by atoms with Crippen LogP contribution in [0.15, 0.2) is 12.4 Å². The van der Waals surface area contributed by atoms with Crippen molar-refractivity contribution in [1.82, 2.24) is 20.0 Å². The standard InChI is InChI=1S/C13H26N4/c1-11(7-14-13(2,3)4)16(5)9-12-8-15-17(6)10-12/h8,10-11,14H,7,9H2,1-6H3. The van der Waals surface area contributed by atoms with Crippen LogP contribution in [0.3, 0.4) is 0 Å². The first kappa shape index (κ1) is 14.2. The molecule has 1 heterocycles. The normalized spacial score (nSPS) is 14.3. The summed E-state index contributed by atoms with van der Waals surface area (Å²) < 4.78 is 1.85. The number of likely N-dealkylation sites (N-methyl/N-ethyl adjacent to an activating group) is 1. The number of hydrogen-bond acceptors (Lipinski definition) is 3. The first-order chi connectivity index (χ1) is 7.78. The van der Waals surface area contributed by atoms with Crippen molar-refractivity contribution in [3.8, 4) is 0 Å². The molecule has 1 rings (SSSR count). The largest absolute Gasteiger partial charge is 0.311 e. The van der Waals surface area contributed by atoms with Gasteiger partial charge in [0.1, 0.15) is 0 Å². The van der Waals surface area contributed by atoms with Gasteiger partial charge in [-0.25, -0.2) is 0 Å². The Bertz CT molecular complexity index is 337. The van der Waals surface area contributed by atoms with Crippen LogP contribution in [-0.2, 0) is 13.6 Å². The van der Waals surface area contributed by atoms with Gasteiger partial charge in [-0.05, 0) is 34.7 Å². The molecule has 1 N–H and O–H groups in total. The predicted octanol–water partition coefficient (Wildman–Crippen LogP) is 1.63. The van der Waals surface area contributed by atoms with Gasteiger partial charge in [0.2, 0.25) is 0 Å². The van der Waals surface area contributed by atoms with Crippen molar-refractivity contribution >= 4 is 0 Å². The van der Waals surface area contributed by atoms with Gasteiger partial charge in [-0.15, -0.1) is 0 Å². The van der Waals surface area contributed by atoms with Gasteiger partial charge in [-0.1, -0.05) is 0 Å². The lowest BCUT2D eigenvalue weighted by atomic mass is 10.1. The summed E-state index contributed by atoms with van der Waals surface area (Å²) in [6.07, 6.45) is 4.00. The first-order valence-corrected chi connectivity index (χ1v) is 6.21. The van der Waals surface area contributed by atoms with Crippen molar-refractivity contribution in [2.45, 2.75) is 45.8 Å². The van der Waals surface area contributed by atoms with E-state index in [9.17, 15) is 0 Å². The van der Waals surface area contributed by atoms with Crippen molar-refractivity contribution < 1.29 is 0 Å². The molecular formula is C13H26N4. The number of hydrogen-bond donors (Lipinski definition) is 1. The lowest BCUT2D eigenvalue weighted by Gasteiger charge is -2.28. The molecule has 0 amide bonds. The van der Waals surface area contributed by atoms with Gasteiger partial charge in [0.05, 0.1) is 6.20 Å². The number of nitrogens with one attached hydrogen (secondary N) is 1. The van der Waals surface area contributed by atoms with Crippen molar-refractivity contribution in [3.63, 3.8) is 0 Å². The fourth-order valence-electron chi connectivity index (χ4n) is 1.61. The Labute approximate surface area is 105 Å². The summed E-state index contributed by atoms with van der Waals surface area (Å²) in [5.74, 6) is 0. The molecule has 0 fully saturated rings. The molecule has 0 bridgehead atoms. The van der Waals surface area contributed by atoms with Crippen LogP contribution in [-0.4, -0.2) is 39.9 Å². The van der Waals surface area contributed by atoms with Crippen LogP contribution in [0.4, 0.5) is 0 Å². The molecule has 4 nitrogen and oxygen atoms in total. The molecule has 0 saturated carbocycles. The molecule has 0 aliphatic rings. The Morgan fingerprint density at radius 1 is 1.47 bits per heavy atom. The molecule has 98 valence electrons. The second-order valence-electron chi connectivity index (χ2n) is 5.92. The van der Waals surface area contributed by atoms with E-state index in [0.717, 1.165) is 13.1 Å². The smallest absolute Gasteiger partial charge is 0.0534 e. The van der Waals surface area contributed by atoms with E-state index in [1.807, 2.05) is 17.9 Å². The van der Waals surface area contributed by atoms with Crippen LogP contribution in [0.5, 0.6) is 0 Å². The van der Waals surface area contributed by atoms with Gasteiger partial charge < -0.3 is 5.32 Å². The highest BCUT2D eigenvalue weighted by Gasteiger charge is 2.14. The lowest BCUT2D eigenvalue weighted by molar-refractivity contribution is 0.228. The summed E-state index contributed by atoms with van der Waals surface area (Å²) in [7, 11) is 4.11. The molecule has 0 aliphatic carbocycles. The molecule has 1 atom stereocenters. The van der Waals surface area contributed by atoms with Crippen LogP contribution in [0.1, 0.15) is 33.3 Å². The molecule has 1 aromatic rings. The maximum atomic E-state index is 4.19. The Balaban J connectivity index is 2.39. The summed E-state index contributed by atoms with van der Waals surface area (Å²) in [6.45, 7) is 10.8. The summed E-state index contributed by atoms with van der Waals surface area (Å²) >= 11 is 0. The van der Waals surface area contributed by atoms with E-state index < -0.39 is 0 Å². The monoisotopic (exact) mass is 238 g/mol. The maximum Gasteiger partial charge on any atom is 0.0534 e. The highest BCUT2D eigenvalue weighted by Crippen LogP contribution is 2.06. The summed E-state index contributed by atoms with van der Waals surface area (Å²) in [6, 6.07) is 0.509. The fourth-order valence-corrected chi connectivity index (χ4v) is 1.61. The van der Waals surface area contributed by atoms with Crippen LogP contribution < -0.4 is 5.32 Å². The van der Waals surface area contributed by atoms with E-state index >= 15 is 0 Å². The minimum atomic E-state index is 0.184. The van der Waals surface area contributed by atoms with Gasteiger partial charge >= 0.3 is 0 Å². The molecule has 0 saturated heterocycles. The summed E-state index contributed by atoms with van der Waals surface area (Å²) in [5, 5.41) is 7.72. The highest BCUT2D eigenvalue weighted by molar-refractivity contribution is 5.03. The second kappa shape index (κ2) is 5.65. The maximum absolute atomic E-state index is 4.19. The topological polar surface area (TPSA) is 33.1 Å². The van der Waals surface area contributed by atoms with Crippen molar-refractivity contribution in [2.75, 3.05) is 13.6 Å².